The number of benzene rings is 1. The standard InChI is InChI=1S/C19H19BrN2O6/c1-11-2-4-12(5-3-11)18(25)28-14-8-16(27-15(14)10-23)22-9-13(6-7-20)17(24)21-19(22)26/h2-7,9,14-16,23H,8,10H2,1H3,(H,21,24,26)/b7-6+/t14-,15+,16+/m0/s1. The Hall–Kier alpha value is -2.49. The Morgan fingerprint density at radius 2 is 2.11 bits per heavy atom. The number of aromatic nitrogens is 2. The van der Waals surface area contributed by atoms with E-state index in [2.05, 4.69) is 20.9 Å². The van der Waals surface area contributed by atoms with E-state index in [0.717, 1.165) is 5.56 Å². The normalized spacial score (nSPS) is 21.9. The van der Waals surface area contributed by atoms with E-state index in [-0.39, 0.29) is 18.6 Å². The summed E-state index contributed by atoms with van der Waals surface area (Å²) < 4.78 is 12.4. The molecule has 3 atom stereocenters. The quantitative estimate of drug-likeness (QED) is 0.670. The molecule has 2 heterocycles. The van der Waals surface area contributed by atoms with Crippen LogP contribution in [-0.4, -0.2) is 39.4 Å². The van der Waals surface area contributed by atoms with Gasteiger partial charge in [-0.15, -0.1) is 0 Å². The second-order valence-electron chi connectivity index (χ2n) is 6.40. The van der Waals surface area contributed by atoms with Crippen LogP contribution in [0, 0.1) is 6.92 Å². The van der Waals surface area contributed by atoms with Crippen LogP contribution in [0.15, 0.2) is 45.0 Å². The van der Waals surface area contributed by atoms with E-state index in [1.807, 2.05) is 6.92 Å². The van der Waals surface area contributed by atoms with Crippen molar-refractivity contribution in [2.24, 2.45) is 0 Å². The maximum Gasteiger partial charge on any atom is 0.338 e. The monoisotopic (exact) mass is 450 g/mol. The van der Waals surface area contributed by atoms with Crippen LogP contribution in [0.1, 0.15) is 34.1 Å². The predicted molar refractivity (Wildman–Crippen MR) is 105 cm³/mol. The molecule has 1 aromatic heterocycles. The first-order valence-corrected chi connectivity index (χ1v) is 9.50. The van der Waals surface area contributed by atoms with Gasteiger partial charge in [0.2, 0.25) is 0 Å². The second-order valence-corrected chi connectivity index (χ2v) is 6.93. The first kappa shape index (κ1) is 20.2. The first-order valence-electron chi connectivity index (χ1n) is 8.59. The van der Waals surface area contributed by atoms with E-state index in [1.165, 1.54) is 21.8 Å². The second kappa shape index (κ2) is 8.68. The highest BCUT2D eigenvalue weighted by Gasteiger charge is 2.39. The van der Waals surface area contributed by atoms with Gasteiger partial charge >= 0.3 is 11.7 Å². The number of aromatic amines is 1. The van der Waals surface area contributed by atoms with E-state index < -0.39 is 35.7 Å². The molecular weight excluding hydrogens is 432 g/mol. The molecule has 1 fully saturated rings. The fourth-order valence-electron chi connectivity index (χ4n) is 2.96. The molecule has 28 heavy (non-hydrogen) atoms. The molecule has 0 aliphatic carbocycles. The Kier molecular flexibility index (Phi) is 6.28. The summed E-state index contributed by atoms with van der Waals surface area (Å²) in [4.78, 5) is 40.1. The number of H-pyrrole nitrogens is 1. The summed E-state index contributed by atoms with van der Waals surface area (Å²) >= 11 is 3.09. The van der Waals surface area contributed by atoms with Gasteiger partial charge in [0, 0.05) is 12.6 Å². The van der Waals surface area contributed by atoms with E-state index in [0.29, 0.717) is 5.56 Å². The van der Waals surface area contributed by atoms with Crippen LogP contribution in [0.2, 0.25) is 0 Å². The van der Waals surface area contributed by atoms with Crippen LogP contribution in [-0.2, 0) is 9.47 Å². The molecule has 3 rings (SSSR count). The molecule has 9 heteroatoms. The Bertz CT molecular complexity index is 995. The molecular formula is C19H19BrN2O6. The summed E-state index contributed by atoms with van der Waals surface area (Å²) in [5.41, 5.74) is 0.470. The van der Waals surface area contributed by atoms with Crippen LogP contribution in [0.4, 0.5) is 0 Å². The molecule has 0 amide bonds. The van der Waals surface area contributed by atoms with Gasteiger partial charge in [-0.1, -0.05) is 33.6 Å². The smallest absolute Gasteiger partial charge is 0.338 e. The number of halogens is 1. The number of carbonyl (C=O) groups excluding carboxylic acids is 1. The lowest BCUT2D eigenvalue weighted by Gasteiger charge is -2.16. The minimum atomic E-state index is -0.792. The van der Waals surface area contributed by atoms with Crippen molar-refractivity contribution in [2.75, 3.05) is 6.61 Å². The summed E-state index contributed by atoms with van der Waals surface area (Å²) in [6.07, 6.45) is 0.697. The predicted octanol–water partition coefficient (Wildman–Crippen LogP) is 1.72. The molecule has 0 spiro atoms. The highest BCUT2D eigenvalue weighted by Crippen LogP contribution is 2.30. The fourth-order valence-corrected chi connectivity index (χ4v) is 3.24. The van der Waals surface area contributed by atoms with Gasteiger partial charge in [0.15, 0.2) is 0 Å². The van der Waals surface area contributed by atoms with Crippen LogP contribution in [0.3, 0.4) is 0 Å². The van der Waals surface area contributed by atoms with Gasteiger partial charge in [-0.05, 0) is 30.1 Å². The minimum Gasteiger partial charge on any atom is -0.456 e. The first-order chi connectivity index (χ1) is 13.4. The maximum absolute atomic E-state index is 12.4. The van der Waals surface area contributed by atoms with Crippen molar-refractivity contribution in [1.82, 2.24) is 9.55 Å². The Morgan fingerprint density at radius 1 is 1.39 bits per heavy atom. The zero-order valence-corrected chi connectivity index (χ0v) is 16.6. The lowest BCUT2D eigenvalue weighted by Crippen LogP contribution is -2.33. The van der Waals surface area contributed by atoms with E-state index in [9.17, 15) is 19.5 Å². The van der Waals surface area contributed by atoms with Crippen molar-refractivity contribution < 1.29 is 19.4 Å². The van der Waals surface area contributed by atoms with Crippen molar-refractivity contribution in [1.29, 1.82) is 0 Å². The third-order valence-electron chi connectivity index (χ3n) is 4.45. The molecule has 0 saturated carbocycles. The molecule has 1 saturated heterocycles. The third kappa shape index (κ3) is 4.32. The van der Waals surface area contributed by atoms with Crippen molar-refractivity contribution in [2.45, 2.75) is 31.8 Å². The average Bonchev–Trinajstić information content (AvgIpc) is 3.07. The number of nitrogens with zero attached hydrogens (tertiary/aromatic N) is 1. The Balaban J connectivity index is 1.81. The van der Waals surface area contributed by atoms with Crippen LogP contribution in [0.5, 0.6) is 0 Å². The van der Waals surface area contributed by atoms with Crippen LogP contribution >= 0.6 is 15.9 Å². The zero-order chi connectivity index (χ0) is 20.3. The fraction of sp³-hybridized carbons (Fsp3) is 0.316. The number of aliphatic hydroxyl groups excluding tert-OH is 1. The highest BCUT2D eigenvalue weighted by atomic mass is 79.9. The lowest BCUT2D eigenvalue weighted by molar-refractivity contribution is -0.0521. The summed E-state index contributed by atoms with van der Waals surface area (Å²) in [6.45, 7) is 1.53. The van der Waals surface area contributed by atoms with Gasteiger partial charge in [-0.25, -0.2) is 9.59 Å². The minimum absolute atomic E-state index is 0.159. The Labute approximate surface area is 168 Å². The summed E-state index contributed by atoms with van der Waals surface area (Å²) in [5, 5.41) is 9.59. The third-order valence-corrected chi connectivity index (χ3v) is 4.72. The summed E-state index contributed by atoms with van der Waals surface area (Å²) in [6, 6.07) is 6.91. The zero-order valence-electron chi connectivity index (χ0n) is 15.0. The number of aliphatic hydroxyl groups is 1. The topological polar surface area (TPSA) is 111 Å². The molecule has 148 valence electrons. The SMILES string of the molecule is Cc1ccc(C(=O)O[C@H]2C[C@H](n3cc(/C=C/Br)c(=O)[nH]c3=O)O[C@@H]2CO)cc1. The number of hydrogen-bond acceptors (Lipinski definition) is 6. The van der Waals surface area contributed by atoms with Crippen molar-refractivity contribution in [3.8, 4) is 0 Å². The molecule has 1 aromatic carbocycles. The van der Waals surface area contributed by atoms with Crippen molar-refractivity contribution >= 4 is 28.0 Å². The number of rotatable bonds is 5. The van der Waals surface area contributed by atoms with Crippen molar-refractivity contribution in [3.05, 3.63) is 73.0 Å². The molecule has 1 aliphatic rings. The molecule has 2 aromatic rings. The number of aryl methyl sites for hydroxylation is 1. The Morgan fingerprint density at radius 3 is 2.75 bits per heavy atom. The number of hydrogen-bond donors (Lipinski definition) is 2. The van der Waals surface area contributed by atoms with Crippen molar-refractivity contribution in [3.63, 3.8) is 0 Å². The average molecular weight is 451 g/mol. The highest BCUT2D eigenvalue weighted by molar-refractivity contribution is 9.11. The van der Waals surface area contributed by atoms with Gasteiger partial charge in [-0.2, -0.15) is 0 Å². The maximum atomic E-state index is 12.4. The van der Waals surface area contributed by atoms with Gasteiger partial charge in [-0.3, -0.25) is 14.3 Å². The molecule has 8 nitrogen and oxygen atoms in total. The molecule has 2 N–H and O–H groups in total. The van der Waals surface area contributed by atoms with Gasteiger partial charge in [0.1, 0.15) is 18.4 Å². The number of ether oxygens (including phenoxy) is 2. The molecule has 1 aliphatic heterocycles. The number of carbonyl (C=O) groups is 1. The molecule has 0 bridgehead atoms. The lowest BCUT2D eigenvalue weighted by atomic mass is 10.1. The van der Waals surface area contributed by atoms with E-state index in [4.69, 9.17) is 9.47 Å². The van der Waals surface area contributed by atoms with Crippen LogP contribution < -0.4 is 11.2 Å². The van der Waals surface area contributed by atoms with Gasteiger partial charge < -0.3 is 14.6 Å². The van der Waals surface area contributed by atoms with Gasteiger partial charge in [0.05, 0.1) is 17.7 Å². The number of esters is 1. The number of nitrogens with one attached hydrogen (secondary N) is 1. The molecule has 0 unspecified atom stereocenters. The summed E-state index contributed by atoms with van der Waals surface area (Å²) in [7, 11) is 0. The van der Waals surface area contributed by atoms with Crippen LogP contribution in [0.25, 0.3) is 6.08 Å². The summed E-state index contributed by atoms with van der Waals surface area (Å²) in [5.74, 6) is -0.538. The van der Waals surface area contributed by atoms with Gasteiger partial charge in [0.25, 0.3) is 5.56 Å². The van der Waals surface area contributed by atoms with E-state index >= 15 is 0 Å². The largest absolute Gasteiger partial charge is 0.456 e. The van der Waals surface area contributed by atoms with E-state index in [1.54, 1.807) is 24.3 Å². The molecule has 0 radical (unpaired) electrons.